The van der Waals surface area contributed by atoms with Gasteiger partial charge in [-0.3, -0.25) is 4.79 Å². The van der Waals surface area contributed by atoms with Gasteiger partial charge in [-0.2, -0.15) is 0 Å². The Bertz CT molecular complexity index is 405. The summed E-state index contributed by atoms with van der Waals surface area (Å²) >= 11 is 9.00. The molecular formula is C11H12BrClFNO. The highest BCUT2D eigenvalue weighted by atomic mass is 79.9. The van der Waals surface area contributed by atoms with Crippen molar-refractivity contribution < 1.29 is 9.18 Å². The molecular weight excluding hydrogens is 296 g/mol. The molecule has 0 aliphatic heterocycles. The number of anilines is 1. The Morgan fingerprint density at radius 2 is 2.00 bits per heavy atom. The van der Waals surface area contributed by atoms with E-state index in [2.05, 4.69) is 21.2 Å². The Balaban J connectivity index is 3.03. The SMILES string of the molecule is CC(C)(C)C(=O)Nc1c(Cl)cc(F)cc1Br. The fraction of sp³-hybridized carbons (Fsp3) is 0.364. The minimum absolute atomic E-state index is 0.171. The van der Waals surface area contributed by atoms with E-state index < -0.39 is 11.2 Å². The standard InChI is InChI=1S/C11H12BrClFNO/c1-11(2,3)10(16)15-9-7(12)4-6(14)5-8(9)13/h4-5H,1-3H3,(H,15,16). The number of rotatable bonds is 1. The van der Waals surface area contributed by atoms with Crippen molar-refractivity contribution in [3.05, 3.63) is 27.4 Å². The molecule has 0 heterocycles. The van der Waals surface area contributed by atoms with Crippen molar-refractivity contribution in [2.75, 3.05) is 5.32 Å². The molecule has 0 radical (unpaired) electrons. The Morgan fingerprint density at radius 3 is 2.44 bits per heavy atom. The summed E-state index contributed by atoms with van der Waals surface area (Å²) < 4.78 is 13.4. The van der Waals surface area contributed by atoms with Crippen LogP contribution in [0.15, 0.2) is 16.6 Å². The molecule has 1 aromatic rings. The van der Waals surface area contributed by atoms with Crippen LogP contribution in [0.1, 0.15) is 20.8 Å². The van der Waals surface area contributed by atoms with Crippen LogP contribution in [0.5, 0.6) is 0 Å². The van der Waals surface area contributed by atoms with Gasteiger partial charge in [-0.25, -0.2) is 4.39 Å². The third kappa shape index (κ3) is 3.19. The van der Waals surface area contributed by atoms with E-state index in [-0.39, 0.29) is 10.9 Å². The second-order valence-corrected chi connectivity index (χ2v) is 5.71. The van der Waals surface area contributed by atoms with Crippen molar-refractivity contribution in [2.24, 2.45) is 5.41 Å². The predicted octanol–water partition coefficient (Wildman–Crippen LogP) is 4.23. The number of hydrogen-bond acceptors (Lipinski definition) is 1. The molecule has 0 spiro atoms. The average molecular weight is 309 g/mol. The highest BCUT2D eigenvalue weighted by molar-refractivity contribution is 9.10. The van der Waals surface area contributed by atoms with Crippen molar-refractivity contribution in [2.45, 2.75) is 20.8 Å². The van der Waals surface area contributed by atoms with Gasteiger partial charge in [-0.1, -0.05) is 32.4 Å². The third-order valence-corrected chi connectivity index (χ3v) is 2.85. The van der Waals surface area contributed by atoms with E-state index in [1.54, 1.807) is 20.8 Å². The number of hydrogen-bond donors (Lipinski definition) is 1. The van der Waals surface area contributed by atoms with E-state index in [1.807, 2.05) is 0 Å². The fourth-order valence-corrected chi connectivity index (χ4v) is 1.86. The molecule has 0 fully saturated rings. The zero-order valence-corrected chi connectivity index (χ0v) is 11.5. The molecule has 2 nitrogen and oxygen atoms in total. The lowest BCUT2D eigenvalue weighted by Gasteiger charge is -2.19. The highest BCUT2D eigenvalue weighted by Crippen LogP contribution is 2.32. The van der Waals surface area contributed by atoms with Crippen LogP contribution in [-0.2, 0) is 4.79 Å². The van der Waals surface area contributed by atoms with E-state index >= 15 is 0 Å². The monoisotopic (exact) mass is 307 g/mol. The summed E-state index contributed by atoms with van der Waals surface area (Å²) in [5, 5.41) is 2.83. The molecule has 0 saturated heterocycles. The molecule has 5 heteroatoms. The summed E-state index contributed by atoms with van der Waals surface area (Å²) in [5.41, 5.74) is -0.139. The van der Waals surface area contributed by atoms with Gasteiger partial charge in [0.25, 0.3) is 0 Å². The summed E-state index contributed by atoms with van der Waals surface area (Å²) in [7, 11) is 0. The van der Waals surface area contributed by atoms with Crippen LogP contribution in [0, 0.1) is 11.2 Å². The Labute approximate surface area is 107 Å². The topological polar surface area (TPSA) is 29.1 Å². The van der Waals surface area contributed by atoms with Crippen molar-refractivity contribution >= 4 is 39.1 Å². The summed E-state index contributed by atoms with van der Waals surface area (Å²) in [5.74, 6) is -0.632. The molecule has 0 aromatic heterocycles. The normalized spacial score (nSPS) is 11.4. The third-order valence-electron chi connectivity index (χ3n) is 1.93. The van der Waals surface area contributed by atoms with Crippen LogP contribution in [-0.4, -0.2) is 5.91 Å². The minimum Gasteiger partial charge on any atom is -0.323 e. The van der Waals surface area contributed by atoms with Gasteiger partial charge in [0.05, 0.1) is 10.7 Å². The molecule has 0 aliphatic carbocycles. The first-order chi connectivity index (χ1) is 7.21. The predicted molar refractivity (Wildman–Crippen MR) is 67.2 cm³/mol. The molecule has 0 aliphatic rings. The number of benzene rings is 1. The first-order valence-electron chi connectivity index (χ1n) is 4.68. The van der Waals surface area contributed by atoms with Crippen molar-refractivity contribution in [1.82, 2.24) is 0 Å². The van der Waals surface area contributed by atoms with Crippen molar-refractivity contribution in [3.63, 3.8) is 0 Å². The Kier molecular flexibility index (Phi) is 3.97. The first-order valence-corrected chi connectivity index (χ1v) is 5.85. The van der Waals surface area contributed by atoms with E-state index in [0.29, 0.717) is 10.2 Å². The van der Waals surface area contributed by atoms with Gasteiger partial charge in [0.1, 0.15) is 5.82 Å². The van der Waals surface area contributed by atoms with Crippen LogP contribution in [0.4, 0.5) is 10.1 Å². The minimum atomic E-state index is -0.531. The Hall–Kier alpha value is -0.610. The molecule has 1 rings (SSSR count). The van der Waals surface area contributed by atoms with E-state index in [4.69, 9.17) is 11.6 Å². The van der Waals surface area contributed by atoms with Crippen LogP contribution in [0.3, 0.4) is 0 Å². The van der Waals surface area contributed by atoms with Gasteiger partial charge in [-0.05, 0) is 28.1 Å². The lowest BCUT2D eigenvalue weighted by atomic mass is 9.95. The summed E-state index contributed by atoms with van der Waals surface area (Å²) in [4.78, 5) is 11.7. The highest BCUT2D eigenvalue weighted by Gasteiger charge is 2.23. The molecule has 0 unspecified atom stereocenters. The van der Waals surface area contributed by atoms with Gasteiger partial charge in [0.2, 0.25) is 5.91 Å². The number of amides is 1. The number of carbonyl (C=O) groups excluding carboxylic acids is 1. The molecule has 0 saturated carbocycles. The van der Waals surface area contributed by atoms with Crippen LogP contribution >= 0.6 is 27.5 Å². The molecule has 1 amide bonds. The quantitative estimate of drug-likeness (QED) is 0.826. The zero-order chi connectivity index (χ0) is 12.5. The zero-order valence-electron chi connectivity index (χ0n) is 9.20. The Morgan fingerprint density at radius 1 is 1.44 bits per heavy atom. The molecule has 1 N–H and O–H groups in total. The van der Waals surface area contributed by atoms with Gasteiger partial charge in [0, 0.05) is 9.89 Å². The lowest BCUT2D eigenvalue weighted by Crippen LogP contribution is -2.27. The van der Waals surface area contributed by atoms with Gasteiger partial charge >= 0.3 is 0 Å². The van der Waals surface area contributed by atoms with Crippen LogP contribution in [0.2, 0.25) is 5.02 Å². The molecule has 0 bridgehead atoms. The largest absolute Gasteiger partial charge is 0.323 e. The maximum absolute atomic E-state index is 13.0. The maximum Gasteiger partial charge on any atom is 0.229 e. The first kappa shape index (κ1) is 13.5. The summed E-state index contributed by atoms with van der Waals surface area (Å²) in [6.45, 7) is 5.36. The van der Waals surface area contributed by atoms with Crippen LogP contribution in [0.25, 0.3) is 0 Å². The molecule has 88 valence electrons. The molecule has 0 atom stereocenters. The summed E-state index contributed by atoms with van der Waals surface area (Å²) in [6, 6.07) is 2.41. The average Bonchev–Trinajstić information content (AvgIpc) is 2.08. The van der Waals surface area contributed by atoms with Crippen LogP contribution < -0.4 is 5.32 Å². The maximum atomic E-state index is 13.0. The summed E-state index contributed by atoms with van der Waals surface area (Å²) in [6.07, 6.45) is 0. The van der Waals surface area contributed by atoms with Gasteiger partial charge < -0.3 is 5.32 Å². The lowest BCUT2D eigenvalue weighted by molar-refractivity contribution is -0.123. The smallest absolute Gasteiger partial charge is 0.229 e. The van der Waals surface area contributed by atoms with Gasteiger partial charge in [-0.15, -0.1) is 0 Å². The fourth-order valence-electron chi connectivity index (χ4n) is 0.963. The van der Waals surface area contributed by atoms with E-state index in [0.717, 1.165) is 6.07 Å². The second kappa shape index (κ2) is 4.72. The van der Waals surface area contributed by atoms with E-state index in [9.17, 15) is 9.18 Å². The van der Waals surface area contributed by atoms with Crippen molar-refractivity contribution in [3.8, 4) is 0 Å². The second-order valence-electron chi connectivity index (χ2n) is 4.45. The molecule has 16 heavy (non-hydrogen) atoms. The van der Waals surface area contributed by atoms with Crippen molar-refractivity contribution in [1.29, 1.82) is 0 Å². The van der Waals surface area contributed by atoms with Gasteiger partial charge in [0.15, 0.2) is 0 Å². The number of carbonyl (C=O) groups is 1. The van der Waals surface area contributed by atoms with E-state index in [1.165, 1.54) is 6.07 Å². The molecule has 1 aromatic carbocycles. The number of nitrogens with one attached hydrogen (secondary N) is 1. The number of halogens is 3.